The maximum Gasteiger partial charge on any atom is 0.123 e. The molecule has 21 heavy (non-hydrogen) atoms. The lowest BCUT2D eigenvalue weighted by Crippen LogP contribution is -2.15. The minimum absolute atomic E-state index is 0.172. The molecule has 1 aliphatic carbocycles. The van der Waals surface area contributed by atoms with E-state index in [2.05, 4.69) is 28.9 Å². The molecule has 4 rings (SSSR count). The van der Waals surface area contributed by atoms with Crippen molar-refractivity contribution in [3.63, 3.8) is 0 Å². The van der Waals surface area contributed by atoms with Gasteiger partial charge in [-0.3, -0.25) is 0 Å². The molecule has 0 unspecified atom stereocenters. The van der Waals surface area contributed by atoms with Crippen LogP contribution in [0.3, 0.4) is 0 Å². The zero-order valence-electron chi connectivity index (χ0n) is 11.6. The summed E-state index contributed by atoms with van der Waals surface area (Å²) in [6.45, 7) is 0.808. The first-order chi connectivity index (χ1) is 10.3. The summed E-state index contributed by atoms with van der Waals surface area (Å²) in [6, 6.07) is 14.1. The van der Waals surface area contributed by atoms with E-state index in [4.69, 9.17) is 0 Å². The Hall–Kier alpha value is -1.71. The molecule has 1 N–H and O–H groups in total. The van der Waals surface area contributed by atoms with Crippen LogP contribution < -0.4 is 5.32 Å². The minimum Gasteiger partial charge on any atom is -0.310 e. The Morgan fingerprint density at radius 3 is 2.86 bits per heavy atom. The maximum atomic E-state index is 13.8. The van der Waals surface area contributed by atoms with E-state index in [-0.39, 0.29) is 5.82 Å². The van der Waals surface area contributed by atoms with E-state index in [1.54, 1.807) is 23.5 Å². The van der Waals surface area contributed by atoms with Gasteiger partial charge in [0.25, 0.3) is 0 Å². The molecule has 0 bridgehead atoms. The molecular formula is C18H16FNS. The summed E-state index contributed by atoms with van der Waals surface area (Å²) < 4.78 is 15.0. The van der Waals surface area contributed by atoms with Gasteiger partial charge in [-0.1, -0.05) is 24.3 Å². The average molecular weight is 297 g/mol. The lowest BCUT2D eigenvalue weighted by molar-refractivity contribution is 0.625. The van der Waals surface area contributed by atoms with Gasteiger partial charge in [-0.25, -0.2) is 4.39 Å². The highest BCUT2D eigenvalue weighted by molar-refractivity contribution is 7.17. The van der Waals surface area contributed by atoms with Gasteiger partial charge < -0.3 is 5.32 Å². The van der Waals surface area contributed by atoms with Gasteiger partial charge in [-0.05, 0) is 58.5 Å². The quantitative estimate of drug-likeness (QED) is 0.717. The smallest absolute Gasteiger partial charge is 0.123 e. The van der Waals surface area contributed by atoms with Gasteiger partial charge >= 0.3 is 0 Å². The molecule has 0 amide bonds. The fraction of sp³-hybridized carbons (Fsp3) is 0.222. The van der Waals surface area contributed by atoms with Crippen LogP contribution in [0.25, 0.3) is 21.2 Å². The molecule has 1 aromatic heterocycles. The molecule has 0 spiro atoms. The van der Waals surface area contributed by atoms with E-state index in [1.165, 1.54) is 28.5 Å². The predicted molar refractivity (Wildman–Crippen MR) is 87.1 cm³/mol. The van der Waals surface area contributed by atoms with Gasteiger partial charge in [-0.2, -0.15) is 0 Å². The Morgan fingerprint density at radius 1 is 1.10 bits per heavy atom. The average Bonchev–Trinajstić information content (AvgIpc) is 3.20. The van der Waals surface area contributed by atoms with Crippen molar-refractivity contribution < 1.29 is 4.39 Å². The molecule has 1 fully saturated rings. The van der Waals surface area contributed by atoms with Gasteiger partial charge in [0.2, 0.25) is 0 Å². The topological polar surface area (TPSA) is 12.0 Å². The SMILES string of the molecule is Fc1ccc(CNC2CC2)c(-c2cccc3ccsc23)c1. The third-order valence-corrected chi connectivity index (χ3v) is 4.96. The highest BCUT2D eigenvalue weighted by atomic mass is 32.1. The summed E-state index contributed by atoms with van der Waals surface area (Å²) in [7, 11) is 0. The number of benzene rings is 2. The number of hydrogen-bond acceptors (Lipinski definition) is 2. The van der Waals surface area contributed by atoms with Gasteiger partial charge in [0.1, 0.15) is 5.82 Å². The van der Waals surface area contributed by atoms with Crippen molar-refractivity contribution in [1.29, 1.82) is 0 Å². The van der Waals surface area contributed by atoms with Crippen molar-refractivity contribution >= 4 is 21.4 Å². The number of hydrogen-bond donors (Lipinski definition) is 1. The zero-order chi connectivity index (χ0) is 14.2. The van der Waals surface area contributed by atoms with Crippen molar-refractivity contribution in [2.24, 2.45) is 0 Å². The first-order valence-corrected chi connectivity index (χ1v) is 8.17. The number of thiophene rings is 1. The molecule has 0 aliphatic heterocycles. The summed E-state index contributed by atoms with van der Waals surface area (Å²) in [5.41, 5.74) is 3.31. The van der Waals surface area contributed by atoms with Crippen molar-refractivity contribution in [1.82, 2.24) is 5.32 Å². The second-order valence-corrected chi connectivity index (χ2v) is 6.52. The molecule has 1 heterocycles. The Bertz CT molecular complexity index is 789. The summed E-state index contributed by atoms with van der Waals surface area (Å²) in [4.78, 5) is 0. The van der Waals surface area contributed by atoms with Crippen LogP contribution in [0.15, 0.2) is 47.8 Å². The third kappa shape index (κ3) is 2.59. The Morgan fingerprint density at radius 2 is 2.00 bits per heavy atom. The van der Waals surface area contributed by atoms with E-state index < -0.39 is 0 Å². The van der Waals surface area contributed by atoms with Gasteiger partial charge in [-0.15, -0.1) is 11.3 Å². The van der Waals surface area contributed by atoms with E-state index in [1.807, 2.05) is 12.1 Å². The van der Waals surface area contributed by atoms with Gasteiger partial charge in [0.15, 0.2) is 0 Å². The standard InChI is InChI=1S/C18H16FNS/c19-14-5-4-13(11-20-15-6-7-15)17(10-14)16-3-1-2-12-8-9-21-18(12)16/h1-5,8-10,15,20H,6-7,11H2. The number of nitrogens with one attached hydrogen (secondary N) is 1. The van der Waals surface area contributed by atoms with E-state index in [0.29, 0.717) is 6.04 Å². The van der Waals surface area contributed by atoms with Crippen molar-refractivity contribution in [2.45, 2.75) is 25.4 Å². The van der Waals surface area contributed by atoms with E-state index in [0.717, 1.165) is 17.7 Å². The van der Waals surface area contributed by atoms with Crippen LogP contribution in [0.1, 0.15) is 18.4 Å². The first kappa shape index (κ1) is 13.0. The van der Waals surface area contributed by atoms with Crippen molar-refractivity contribution in [2.75, 3.05) is 0 Å². The monoisotopic (exact) mass is 297 g/mol. The fourth-order valence-electron chi connectivity index (χ4n) is 2.70. The molecule has 0 atom stereocenters. The molecule has 106 valence electrons. The van der Waals surface area contributed by atoms with E-state index in [9.17, 15) is 4.39 Å². The number of rotatable bonds is 4. The molecule has 2 aromatic carbocycles. The van der Waals surface area contributed by atoms with Crippen LogP contribution in [-0.2, 0) is 6.54 Å². The van der Waals surface area contributed by atoms with Crippen LogP contribution in [0.4, 0.5) is 4.39 Å². The molecule has 3 heteroatoms. The Kier molecular flexibility index (Phi) is 3.24. The third-order valence-electron chi connectivity index (χ3n) is 4.00. The van der Waals surface area contributed by atoms with Crippen LogP contribution in [-0.4, -0.2) is 6.04 Å². The second kappa shape index (κ2) is 5.24. The van der Waals surface area contributed by atoms with Crippen LogP contribution in [0, 0.1) is 5.82 Å². The highest BCUT2D eigenvalue weighted by Crippen LogP contribution is 2.35. The van der Waals surface area contributed by atoms with Crippen molar-refractivity contribution in [3.05, 3.63) is 59.2 Å². The molecule has 1 saturated carbocycles. The lowest BCUT2D eigenvalue weighted by Gasteiger charge is -2.12. The summed E-state index contributed by atoms with van der Waals surface area (Å²) >= 11 is 1.72. The minimum atomic E-state index is -0.172. The largest absolute Gasteiger partial charge is 0.310 e. The number of halogens is 1. The van der Waals surface area contributed by atoms with Crippen LogP contribution in [0.2, 0.25) is 0 Å². The Balaban J connectivity index is 1.81. The molecule has 1 nitrogen and oxygen atoms in total. The number of fused-ring (bicyclic) bond motifs is 1. The van der Waals surface area contributed by atoms with Gasteiger partial charge in [0.05, 0.1) is 0 Å². The summed E-state index contributed by atoms with van der Waals surface area (Å²) in [5, 5.41) is 6.84. The molecule has 0 saturated heterocycles. The molecular weight excluding hydrogens is 281 g/mol. The van der Waals surface area contributed by atoms with Crippen molar-refractivity contribution in [3.8, 4) is 11.1 Å². The summed E-state index contributed by atoms with van der Waals surface area (Å²) in [5.74, 6) is -0.172. The van der Waals surface area contributed by atoms with Crippen LogP contribution >= 0.6 is 11.3 Å². The predicted octanol–water partition coefficient (Wildman–Crippen LogP) is 4.96. The Labute approximate surface area is 127 Å². The van der Waals surface area contributed by atoms with E-state index >= 15 is 0 Å². The summed E-state index contributed by atoms with van der Waals surface area (Å²) in [6.07, 6.45) is 2.52. The first-order valence-electron chi connectivity index (χ1n) is 7.30. The highest BCUT2D eigenvalue weighted by Gasteiger charge is 2.21. The maximum absolute atomic E-state index is 13.8. The molecule has 3 aromatic rings. The normalized spacial score (nSPS) is 14.7. The molecule has 0 radical (unpaired) electrons. The van der Waals surface area contributed by atoms with Crippen LogP contribution in [0.5, 0.6) is 0 Å². The zero-order valence-corrected chi connectivity index (χ0v) is 12.4. The second-order valence-electron chi connectivity index (χ2n) is 5.60. The lowest BCUT2D eigenvalue weighted by atomic mass is 9.98. The van der Waals surface area contributed by atoms with Gasteiger partial charge in [0, 0.05) is 17.3 Å². The molecule has 1 aliphatic rings. The fourth-order valence-corrected chi connectivity index (χ4v) is 3.63.